The van der Waals surface area contributed by atoms with Gasteiger partial charge in [0.15, 0.2) is 5.96 Å². The minimum absolute atomic E-state index is 0.434. The van der Waals surface area contributed by atoms with Gasteiger partial charge >= 0.3 is 0 Å². The SMILES string of the molecule is CCN=C(NCC)NC1CCC1(C)C. The van der Waals surface area contributed by atoms with Gasteiger partial charge in [-0.25, -0.2) is 0 Å². The molecule has 1 unspecified atom stereocenters. The van der Waals surface area contributed by atoms with Gasteiger partial charge in [-0.3, -0.25) is 4.99 Å². The standard InChI is InChI=1S/C11H23N3/c1-5-12-10(13-6-2)14-9-7-8-11(9,3)4/h9H,5-8H2,1-4H3,(H2,12,13,14). The predicted octanol–water partition coefficient (Wildman–Crippen LogP) is 1.75. The van der Waals surface area contributed by atoms with Gasteiger partial charge in [-0.15, -0.1) is 0 Å². The second-order valence-electron chi connectivity index (χ2n) is 4.58. The first-order valence-corrected chi connectivity index (χ1v) is 5.65. The summed E-state index contributed by atoms with van der Waals surface area (Å²) in [4.78, 5) is 4.40. The van der Waals surface area contributed by atoms with E-state index in [0.29, 0.717) is 11.5 Å². The Bertz CT molecular complexity index is 209. The number of aliphatic imine (C=N–C) groups is 1. The highest BCUT2D eigenvalue weighted by Crippen LogP contribution is 2.39. The Hall–Kier alpha value is -0.730. The van der Waals surface area contributed by atoms with Gasteiger partial charge in [-0.05, 0) is 32.1 Å². The molecule has 1 fully saturated rings. The van der Waals surface area contributed by atoms with Crippen LogP contribution in [0.4, 0.5) is 0 Å². The molecule has 0 bridgehead atoms. The lowest BCUT2D eigenvalue weighted by molar-refractivity contribution is 0.125. The molecular formula is C11H23N3. The molecule has 0 heterocycles. The average Bonchev–Trinajstić information content (AvgIpc) is 2.13. The molecule has 1 rings (SSSR count). The molecule has 3 nitrogen and oxygen atoms in total. The summed E-state index contributed by atoms with van der Waals surface area (Å²) in [7, 11) is 0. The van der Waals surface area contributed by atoms with E-state index in [1.807, 2.05) is 0 Å². The monoisotopic (exact) mass is 197 g/mol. The lowest BCUT2D eigenvalue weighted by Crippen LogP contribution is -2.55. The van der Waals surface area contributed by atoms with Crippen LogP contribution in [0.15, 0.2) is 4.99 Å². The van der Waals surface area contributed by atoms with Gasteiger partial charge < -0.3 is 10.6 Å². The molecule has 0 aromatic heterocycles. The number of guanidine groups is 1. The van der Waals surface area contributed by atoms with Crippen molar-refractivity contribution in [3.05, 3.63) is 0 Å². The Morgan fingerprint density at radius 3 is 2.50 bits per heavy atom. The third kappa shape index (κ3) is 2.63. The van der Waals surface area contributed by atoms with Crippen LogP contribution < -0.4 is 10.6 Å². The maximum atomic E-state index is 4.40. The van der Waals surface area contributed by atoms with Crippen LogP contribution in [0.1, 0.15) is 40.5 Å². The van der Waals surface area contributed by atoms with E-state index in [2.05, 4.69) is 43.3 Å². The summed E-state index contributed by atoms with van der Waals surface area (Å²) in [6, 6.07) is 0.590. The first-order chi connectivity index (χ1) is 6.60. The first kappa shape index (κ1) is 11.3. The Morgan fingerprint density at radius 2 is 2.14 bits per heavy atom. The van der Waals surface area contributed by atoms with Gasteiger partial charge in [-0.1, -0.05) is 13.8 Å². The minimum atomic E-state index is 0.434. The number of nitrogens with zero attached hydrogens (tertiary/aromatic N) is 1. The Morgan fingerprint density at radius 1 is 1.43 bits per heavy atom. The largest absolute Gasteiger partial charge is 0.357 e. The van der Waals surface area contributed by atoms with E-state index in [1.165, 1.54) is 12.8 Å². The summed E-state index contributed by atoms with van der Waals surface area (Å²) in [5, 5.41) is 6.74. The molecule has 2 N–H and O–H groups in total. The van der Waals surface area contributed by atoms with Crippen molar-refractivity contribution in [2.45, 2.75) is 46.6 Å². The van der Waals surface area contributed by atoms with Gasteiger partial charge in [0.2, 0.25) is 0 Å². The molecule has 0 amide bonds. The van der Waals surface area contributed by atoms with Crippen LogP contribution in [-0.2, 0) is 0 Å². The van der Waals surface area contributed by atoms with Gasteiger partial charge in [0.05, 0.1) is 0 Å². The molecule has 1 aliphatic carbocycles. The number of hydrogen-bond donors (Lipinski definition) is 2. The van der Waals surface area contributed by atoms with Crippen molar-refractivity contribution < 1.29 is 0 Å². The fourth-order valence-electron chi connectivity index (χ4n) is 1.78. The van der Waals surface area contributed by atoms with E-state index in [1.54, 1.807) is 0 Å². The topological polar surface area (TPSA) is 36.4 Å². The van der Waals surface area contributed by atoms with Crippen LogP contribution >= 0.6 is 0 Å². The summed E-state index contributed by atoms with van der Waals surface area (Å²) in [5.74, 6) is 0.966. The van der Waals surface area contributed by atoms with E-state index < -0.39 is 0 Å². The van der Waals surface area contributed by atoms with Gasteiger partial charge in [0.1, 0.15) is 0 Å². The van der Waals surface area contributed by atoms with Crippen molar-refractivity contribution in [2.24, 2.45) is 10.4 Å². The van der Waals surface area contributed by atoms with E-state index in [9.17, 15) is 0 Å². The van der Waals surface area contributed by atoms with Gasteiger partial charge in [-0.2, -0.15) is 0 Å². The molecule has 82 valence electrons. The molecule has 0 aliphatic heterocycles. The molecule has 14 heavy (non-hydrogen) atoms. The van der Waals surface area contributed by atoms with E-state index in [0.717, 1.165) is 19.0 Å². The van der Waals surface area contributed by atoms with Crippen LogP contribution in [0.2, 0.25) is 0 Å². The third-order valence-corrected chi connectivity index (χ3v) is 2.99. The predicted molar refractivity (Wildman–Crippen MR) is 61.6 cm³/mol. The van der Waals surface area contributed by atoms with Crippen LogP contribution in [0, 0.1) is 5.41 Å². The average molecular weight is 197 g/mol. The second-order valence-corrected chi connectivity index (χ2v) is 4.58. The molecule has 0 aromatic carbocycles. The molecule has 1 saturated carbocycles. The van der Waals surface area contributed by atoms with Crippen molar-refractivity contribution in [3.63, 3.8) is 0 Å². The summed E-state index contributed by atoms with van der Waals surface area (Å²) >= 11 is 0. The van der Waals surface area contributed by atoms with Crippen molar-refractivity contribution in [3.8, 4) is 0 Å². The first-order valence-electron chi connectivity index (χ1n) is 5.65. The van der Waals surface area contributed by atoms with Crippen molar-refractivity contribution in [2.75, 3.05) is 13.1 Å². The third-order valence-electron chi connectivity index (χ3n) is 2.99. The Balaban J connectivity index is 2.44. The highest BCUT2D eigenvalue weighted by molar-refractivity contribution is 5.80. The lowest BCUT2D eigenvalue weighted by Gasteiger charge is -2.45. The second kappa shape index (κ2) is 4.67. The molecule has 0 spiro atoms. The number of hydrogen-bond acceptors (Lipinski definition) is 1. The molecular weight excluding hydrogens is 174 g/mol. The molecule has 3 heteroatoms. The molecule has 0 radical (unpaired) electrons. The zero-order valence-electron chi connectivity index (χ0n) is 9.85. The van der Waals surface area contributed by atoms with E-state index >= 15 is 0 Å². The summed E-state index contributed by atoms with van der Waals surface area (Å²) in [5.41, 5.74) is 0.434. The summed E-state index contributed by atoms with van der Waals surface area (Å²) in [6.45, 7) is 10.5. The maximum absolute atomic E-state index is 4.40. The number of nitrogens with one attached hydrogen (secondary N) is 2. The Kier molecular flexibility index (Phi) is 3.78. The van der Waals surface area contributed by atoms with Gasteiger partial charge in [0.25, 0.3) is 0 Å². The highest BCUT2D eigenvalue weighted by atomic mass is 15.2. The van der Waals surface area contributed by atoms with Crippen LogP contribution in [-0.4, -0.2) is 25.1 Å². The quantitative estimate of drug-likeness (QED) is 0.534. The molecule has 0 saturated heterocycles. The highest BCUT2D eigenvalue weighted by Gasteiger charge is 2.38. The summed E-state index contributed by atoms with van der Waals surface area (Å²) < 4.78 is 0. The van der Waals surface area contributed by atoms with Crippen molar-refractivity contribution in [1.29, 1.82) is 0 Å². The smallest absolute Gasteiger partial charge is 0.191 e. The van der Waals surface area contributed by atoms with E-state index in [4.69, 9.17) is 0 Å². The summed E-state index contributed by atoms with van der Waals surface area (Å²) in [6.07, 6.45) is 2.58. The normalized spacial score (nSPS) is 25.4. The van der Waals surface area contributed by atoms with Crippen LogP contribution in [0.5, 0.6) is 0 Å². The fraction of sp³-hybridized carbons (Fsp3) is 0.909. The molecule has 1 atom stereocenters. The van der Waals surface area contributed by atoms with Crippen molar-refractivity contribution in [1.82, 2.24) is 10.6 Å². The van der Waals surface area contributed by atoms with Crippen LogP contribution in [0.3, 0.4) is 0 Å². The zero-order chi connectivity index (χ0) is 10.6. The zero-order valence-corrected chi connectivity index (χ0v) is 9.85. The van der Waals surface area contributed by atoms with Crippen molar-refractivity contribution >= 4 is 5.96 Å². The maximum Gasteiger partial charge on any atom is 0.191 e. The Labute approximate surface area is 87.4 Å². The lowest BCUT2D eigenvalue weighted by atomic mass is 9.67. The molecule has 0 aromatic rings. The van der Waals surface area contributed by atoms with Crippen LogP contribution in [0.25, 0.3) is 0 Å². The molecule has 1 aliphatic rings. The van der Waals surface area contributed by atoms with Gasteiger partial charge in [0, 0.05) is 19.1 Å². The fourth-order valence-corrected chi connectivity index (χ4v) is 1.78. The minimum Gasteiger partial charge on any atom is -0.357 e. The van der Waals surface area contributed by atoms with E-state index in [-0.39, 0.29) is 0 Å². The number of rotatable bonds is 3.